The van der Waals surface area contributed by atoms with Crippen LogP contribution in [0.25, 0.3) is 0 Å². The molecule has 0 saturated carbocycles. The van der Waals surface area contributed by atoms with Crippen molar-refractivity contribution < 1.29 is 9.53 Å². The highest BCUT2D eigenvalue weighted by Crippen LogP contribution is 2.15. The van der Waals surface area contributed by atoms with Crippen LogP contribution in [0.4, 0.5) is 0 Å². The molecule has 1 atom stereocenters. The molecular weight excluding hydrogens is 252 g/mol. The molecule has 1 unspecified atom stereocenters. The quantitative estimate of drug-likeness (QED) is 0.681. The van der Waals surface area contributed by atoms with Crippen LogP contribution in [-0.4, -0.2) is 32.1 Å². The highest BCUT2D eigenvalue weighted by atomic mass is 16.5. The Bertz CT molecular complexity index is 407. The summed E-state index contributed by atoms with van der Waals surface area (Å²) in [4.78, 5) is 11.7. The summed E-state index contributed by atoms with van der Waals surface area (Å²) in [5.41, 5.74) is 1.17. The lowest BCUT2D eigenvalue weighted by molar-refractivity contribution is -0.121. The number of carbonyl (C=O) groups is 1. The van der Waals surface area contributed by atoms with Crippen molar-refractivity contribution in [2.45, 2.75) is 39.2 Å². The zero-order valence-electron chi connectivity index (χ0n) is 12.7. The first-order chi connectivity index (χ1) is 9.65. The van der Waals surface area contributed by atoms with Crippen molar-refractivity contribution in [3.63, 3.8) is 0 Å². The zero-order chi connectivity index (χ0) is 14.8. The minimum atomic E-state index is 0.0186. The van der Waals surface area contributed by atoms with Gasteiger partial charge in [-0.3, -0.25) is 4.79 Å². The van der Waals surface area contributed by atoms with Crippen molar-refractivity contribution >= 4 is 5.91 Å². The van der Waals surface area contributed by atoms with Crippen molar-refractivity contribution in [3.05, 3.63) is 29.8 Å². The van der Waals surface area contributed by atoms with Gasteiger partial charge in [0.1, 0.15) is 11.9 Å². The fourth-order valence-corrected chi connectivity index (χ4v) is 1.89. The average molecular weight is 278 g/mol. The van der Waals surface area contributed by atoms with E-state index in [9.17, 15) is 4.79 Å². The minimum absolute atomic E-state index is 0.0186. The molecule has 4 nitrogen and oxygen atoms in total. The fourth-order valence-electron chi connectivity index (χ4n) is 1.89. The molecule has 112 valence electrons. The van der Waals surface area contributed by atoms with Gasteiger partial charge in [0.15, 0.2) is 0 Å². The summed E-state index contributed by atoms with van der Waals surface area (Å²) in [6.07, 6.45) is 2.30. The maximum absolute atomic E-state index is 11.7. The molecule has 0 bridgehead atoms. The maximum Gasteiger partial charge on any atom is 0.220 e. The Hall–Kier alpha value is -1.55. The maximum atomic E-state index is 11.7. The van der Waals surface area contributed by atoms with Gasteiger partial charge in [-0.1, -0.05) is 19.1 Å². The van der Waals surface area contributed by atoms with Crippen molar-refractivity contribution in [2.75, 3.05) is 20.1 Å². The topological polar surface area (TPSA) is 50.4 Å². The van der Waals surface area contributed by atoms with Gasteiger partial charge in [0.2, 0.25) is 5.91 Å². The molecule has 1 amide bonds. The van der Waals surface area contributed by atoms with Crippen LogP contribution < -0.4 is 15.4 Å². The lowest BCUT2D eigenvalue weighted by Gasteiger charge is -2.18. The van der Waals surface area contributed by atoms with E-state index < -0.39 is 0 Å². The van der Waals surface area contributed by atoms with Gasteiger partial charge in [-0.05, 0) is 51.1 Å². The molecule has 0 spiro atoms. The van der Waals surface area contributed by atoms with Gasteiger partial charge >= 0.3 is 0 Å². The van der Waals surface area contributed by atoms with E-state index in [0.717, 1.165) is 25.1 Å². The smallest absolute Gasteiger partial charge is 0.220 e. The lowest BCUT2D eigenvalue weighted by Crippen LogP contribution is -2.35. The first-order valence-electron chi connectivity index (χ1n) is 7.30. The summed E-state index contributed by atoms with van der Waals surface area (Å²) in [7, 11) is 1.89. The molecule has 2 N–H and O–H groups in total. The number of benzene rings is 1. The van der Waals surface area contributed by atoms with Crippen molar-refractivity contribution in [1.29, 1.82) is 0 Å². The SMILES string of the molecule is CCC(CNC(=O)CCCNC)Oc1cccc(C)c1. The standard InChI is InChI=1S/C16H26N2O2/c1-4-14(12-18-16(19)9-6-10-17-3)20-15-8-5-7-13(2)11-15/h5,7-8,11,14,17H,4,6,9-10,12H2,1-3H3,(H,18,19). The number of amides is 1. The third-order valence-corrected chi connectivity index (χ3v) is 3.11. The summed E-state index contributed by atoms with van der Waals surface area (Å²) in [5.74, 6) is 0.952. The number of ether oxygens (including phenoxy) is 1. The normalized spacial score (nSPS) is 11.9. The van der Waals surface area contributed by atoms with E-state index in [0.29, 0.717) is 13.0 Å². The number of rotatable bonds is 9. The molecule has 0 saturated heterocycles. The Balaban J connectivity index is 2.34. The molecule has 1 aromatic rings. The molecule has 0 aliphatic carbocycles. The predicted molar refractivity (Wildman–Crippen MR) is 82.1 cm³/mol. The largest absolute Gasteiger partial charge is 0.489 e. The number of aryl methyl sites for hydroxylation is 1. The van der Waals surface area contributed by atoms with E-state index in [1.165, 1.54) is 5.56 Å². The number of hydrogen-bond donors (Lipinski definition) is 2. The van der Waals surface area contributed by atoms with Crippen molar-refractivity contribution in [3.8, 4) is 5.75 Å². The molecule has 0 aliphatic heterocycles. The van der Waals surface area contributed by atoms with Crippen LogP contribution in [-0.2, 0) is 4.79 Å². The monoisotopic (exact) mass is 278 g/mol. The van der Waals surface area contributed by atoms with E-state index in [-0.39, 0.29) is 12.0 Å². The minimum Gasteiger partial charge on any atom is -0.489 e. The van der Waals surface area contributed by atoms with Gasteiger partial charge in [0.05, 0.1) is 6.54 Å². The molecule has 20 heavy (non-hydrogen) atoms. The number of nitrogens with one attached hydrogen (secondary N) is 2. The summed E-state index contributed by atoms with van der Waals surface area (Å²) in [6, 6.07) is 7.98. The molecular formula is C16H26N2O2. The lowest BCUT2D eigenvalue weighted by atomic mass is 10.2. The summed E-state index contributed by atoms with van der Waals surface area (Å²) in [5, 5.41) is 5.97. The molecule has 0 aromatic heterocycles. The van der Waals surface area contributed by atoms with E-state index in [4.69, 9.17) is 4.74 Å². The molecule has 0 heterocycles. The van der Waals surface area contributed by atoms with Crippen LogP contribution in [0.2, 0.25) is 0 Å². The van der Waals surface area contributed by atoms with Gasteiger partial charge in [0.25, 0.3) is 0 Å². The third kappa shape index (κ3) is 6.57. The molecule has 1 rings (SSSR count). The fraction of sp³-hybridized carbons (Fsp3) is 0.562. The summed E-state index contributed by atoms with van der Waals surface area (Å²) < 4.78 is 5.89. The summed E-state index contributed by atoms with van der Waals surface area (Å²) in [6.45, 7) is 5.53. The first kappa shape index (κ1) is 16.5. The van der Waals surface area contributed by atoms with Crippen molar-refractivity contribution in [2.24, 2.45) is 0 Å². The summed E-state index contributed by atoms with van der Waals surface area (Å²) >= 11 is 0. The second kappa shape index (κ2) is 9.37. The van der Waals surface area contributed by atoms with Crippen LogP contribution in [0.5, 0.6) is 5.75 Å². The highest BCUT2D eigenvalue weighted by molar-refractivity contribution is 5.75. The Morgan fingerprint density at radius 2 is 2.20 bits per heavy atom. The van der Waals surface area contributed by atoms with E-state index >= 15 is 0 Å². The van der Waals surface area contributed by atoms with Crippen LogP contribution in [0.3, 0.4) is 0 Å². The van der Waals surface area contributed by atoms with Gasteiger partial charge in [-0.15, -0.1) is 0 Å². The number of carbonyl (C=O) groups excluding carboxylic acids is 1. The Kier molecular flexibility index (Phi) is 7.73. The molecule has 0 radical (unpaired) electrons. The highest BCUT2D eigenvalue weighted by Gasteiger charge is 2.10. The Labute approximate surface area is 121 Å². The second-order valence-electron chi connectivity index (χ2n) is 4.98. The van der Waals surface area contributed by atoms with E-state index in [2.05, 4.69) is 17.6 Å². The van der Waals surface area contributed by atoms with Gasteiger partial charge in [-0.25, -0.2) is 0 Å². The molecule has 0 fully saturated rings. The molecule has 4 heteroatoms. The second-order valence-corrected chi connectivity index (χ2v) is 4.98. The van der Waals surface area contributed by atoms with Gasteiger partial charge in [-0.2, -0.15) is 0 Å². The van der Waals surface area contributed by atoms with E-state index in [1.807, 2.05) is 38.2 Å². The first-order valence-corrected chi connectivity index (χ1v) is 7.30. The van der Waals surface area contributed by atoms with Crippen LogP contribution in [0.15, 0.2) is 24.3 Å². The van der Waals surface area contributed by atoms with Crippen molar-refractivity contribution in [1.82, 2.24) is 10.6 Å². The van der Waals surface area contributed by atoms with Crippen LogP contribution in [0.1, 0.15) is 31.7 Å². The third-order valence-electron chi connectivity index (χ3n) is 3.11. The van der Waals surface area contributed by atoms with E-state index in [1.54, 1.807) is 0 Å². The zero-order valence-corrected chi connectivity index (χ0v) is 12.7. The predicted octanol–water partition coefficient (Wildman–Crippen LogP) is 2.27. The molecule has 1 aromatic carbocycles. The van der Waals surface area contributed by atoms with Gasteiger partial charge < -0.3 is 15.4 Å². The number of hydrogen-bond acceptors (Lipinski definition) is 3. The molecule has 0 aliphatic rings. The van der Waals surface area contributed by atoms with Gasteiger partial charge in [0, 0.05) is 6.42 Å². The average Bonchev–Trinajstić information content (AvgIpc) is 2.43. The Morgan fingerprint density at radius 1 is 1.40 bits per heavy atom. The van der Waals surface area contributed by atoms with Crippen LogP contribution >= 0.6 is 0 Å². The van der Waals surface area contributed by atoms with Crippen LogP contribution in [0, 0.1) is 6.92 Å². The Morgan fingerprint density at radius 3 is 2.85 bits per heavy atom.